The summed E-state index contributed by atoms with van der Waals surface area (Å²) in [5, 5.41) is 6.27. The van der Waals surface area contributed by atoms with Crippen LogP contribution in [0.15, 0.2) is 36.8 Å². The van der Waals surface area contributed by atoms with Crippen molar-refractivity contribution in [1.82, 2.24) is 25.1 Å². The third-order valence-electron chi connectivity index (χ3n) is 4.03. The SMILES string of the molecule is COc1cc(C(=O)NC(C)c2ncnn2-c2ncc(F)cc2F)cc(C(F)(F)F)c1. The van der Waals surface area contributed by atoms with Crippen molar-refractivity contribution in [3.8, 4) is 11.6 Å². The molecule has 0 aliphatic rings. The summed E-state index contributed by atoms with van der Waals surface area (Å²) < 4.78 is 72.1. The number of rotatable bonds is 5. The Balaban J connectivity index is 1.88. The van der Waals surface area contributed by atoms with E-state index in [4.69, 9.17) is 4.74 Å². The monoisotopic (exact) mass is 427 g/mol. The maximum Gasteiger partial charge on any atom is 0.416 e. The highest BCUT2D eigenvalue weighted by molar-refractivity contribution is 5.95. The number of amides is 1. The van der Waals surface area contributed by atoms with Crippen molar-refractivity contribution in [2.24, 2.45) is 0 Å². The first-order chi connectivity index (χ1) is 14.1. The average Bonchev–Trinajstić information content (AvgIpc) is 3.16. The van der Waals surface area contributed by atoms with Gasteiger partial charge < -0.3 is 10.1 Å². The number of aromatic nitrogens is 4. The Bertz CT molecular complexity index is 1080. The number of carbonyl (C=O) groups is 1. The first kappa shape index (κ1) is 21.1. The fourth-order valence-electron chi connectivity index (χ4n) is 2.63. The first-order valence-electron chi connectivity index (χ1n) is 8.38. The Morgan fingerprint density at radius 3 is 2.53 bits per heavy atom. The summed E-state index contributed by atoms with van der Waals surface area (Å²) in [4.78, 5) is 20.1. The molecule has 158 valence electrons. The summed E-state index contributed by atoms with van der Waals surface area (Å²) in [5.41, 5.74) is -1.36. The van der Waals surface area contributed by atoms with E-state index in [1.54, 1.807) is 0 Å². The Labute approximate surface area is 166 Å². The van der Waals surface area contributed by atoms with E-state index in [-0.39, 0.29) is 23.0 Å². The number of halogens is 5. The maximum absolute atomic E-state index is 14.0. The predicted octanol–water partition coefficient (Wildman–Crippen LogP) is 3.46. The lowest BCUT2D eigenvalue weighted by atomic mass is 10.1. The van der Waals surface area contributed by atoms with E-state index in [1.165, 1.54) is 14.0 Å². The molecule has 0 saturated heterocycles. The lowest BCUT2D eigenvalue weighted by Crippen LogP contribution is -2.29. The molecule has 0 aliphatic heterocycles. The van der Waals surface area contributed by atoms with Gasteiger partial charge in [-0.05, 0) is 25.1 Å². The van der Waals surface area contributed by atoms with Crippen molar-refractivity contribution < 1.29 is 31.5 Å². The lowest BCUT2D eigenvalue weighted by Gasteiger charge is -2.16. The second kappa shape index (κ2) is 8.05. The predicted molar refractivity (Wildman–Crippen MR) is 92.9 cm³/mol. The van der Waals surface area contributed by atoms with Gasteiger partial charge in [0.15, 0.2) is 17.5 Å². The fourth-order valence-corrected chi connectivity index (χ4v) is 2.63. The molecule has 1 amide bonds. The van der Waals surface area contributed by atoms with Crippen molar-refractivity contribution in [2.45, 2.75) is 19.1 Å². The minimum Gasteiger partial charge on any atom is -0.497 e. The van der Waals surface area contributed by atoms with Gasteiger partial charge in [0.2, 0.25) is 0 Å². The molecule has 1 atom stereocenters. The smallest absolute Gasteiger partial charge is 0.416 e. The zero-order chi connectivity index (χ0) is 22.1. The van der Waals surface area contributed by atoms with Gasteiger partial charge in [-0.1, -0.05) is 0 Å². The minimum absolute atomic E-state index is 0.0281. The van der Waals surface area contributed by atoms with Crippen LogP contribution < -0.4 is 10.1 Å². The van der Waals surface area contributed by atoms with Gasteiger partial charge in [-0.2, -0.15) is 23.0 Å². The van der Waals surface area contributed by atoms with Gasteiger partial charge in [0.05, 0.1) is 24.9 Å². The van der Waals surface area contributed by atoms with Crippen molar-refractivity contribution in [3.05, 3.63) is 65.4 Å². The number of benzene rings is 1. The second-order valence-corrected chi connectivity index (χ2v) is 6.13. The van der Waals surface area contributed by atoms with Gasteiger partial charge >= 0.3 is 6.18 Å². The molecule has 2 aromatic heterocycles. The summed E-state index contributed by atoms with van der Waals surface area (Å²) in [6, 6.07) is 2.28. The second-order valence-electron chi connectivity index (χ2n) is 6.13. The summed E-state index contributed by atoms with van der Waals surface area (Å²) in [6.45, 7) is 1.46. The quantitative estimate of drug-likeness (QED) is 0.631. The van der Waals surface area contributed by atoms with E-state index >= 15 is 0 Å². The molecule has 0 saturated carbocycles. The topological polar surface area (TPSA) is 81.9 Å². The number of carbonyl (C=O) groups excluding carboxylic acids is 1. The molecular weight excluding hydrogens is 413 g/mol. The van der Waals surface area contributed by atoms with Gasteiger partial charge in [-0.15, -0.1) is 0 Å². The fraction of sp³-hybridized carbons (Fsp3) is 0.222. The molecule has 7 nitrogen and oxygen atoms in total. The van der Waals surface area contributed by atoms with Crippen LogP contribution in [0.3, 0.4) is 0 Å². The highest BCUT2D eigenvalue weighted by Gasteiger charge is 2.32. The van der Waals surface area contributed by atoms with Crippen LogP contribution in [0, 0.1) is 11.6 Å². The van der Waals surface area contributed by atoms with Crippen LogP contribution >= 0.6 is 0 Å². The number of alkyl halides is 3. The molecule has 0 aliphatic carbocycles. The Morgan fingerprint density at radius 1 is 1.17 bits per heavy atom. The zero-order valence-corrected chi connectivity index (χ0v) is 15.5. The van der Waals surface area contributed by atoms with Crippen LogP contribution in [0.2, 0.25) is 0 Å². The molecular formula is C18H14F5N5O2. The largest absolute Gasteiger partial charge is 0.497 e. The zero-order valence-electron chi connectivity index (χ0n) is 15.5. The van der Waals surface area contributed by atoms with Crippen molar-refractivity contribution >= 4 is 5.91 Å². The molecule has 2 heterocycles. The highest BCUT2D eigenvalue weighted by Crippen LogP contribution is 2.32. The molecule has 12 heteroatoms. The van der Waals surface area contributed by atoms with Gasteiger partial charge in [0.25, 0.3) is 5.91 Å². The number of nitrogens with zero attached hydrogens (tertiary/aromatic N) is 4. The number of pyridine rings is 1. The van der Waals surface area contributed by atoms with Crippen molar-refractivity contribution in [1.29, 1.82) is 0 Å². The third kappa shape index (κ3) is 4.36. The van der Waals surface area contributed by atoms with E-state index in [2.05, 4.69) is 20.4 Å². The number of nitrogens with one attached hydrogen (secondary N) is 1. The molecule has 1 N–H and O–H groups in total. The number of methoxy groups -OCH3 is 1. The van der Waals surface area contributed by atoms with Crippen LogP contribution in [-0.2, 0) is 6.18 Å². The van der Waals surface area contributed by atoms with Crippen LogP contribution in [0.5, 0.6) is 5.75 Å². The van der Waals surface area contributed by atoms with E-state index in [9.17, 15) is 26.7 Å². The Hall–Kier alpha value is -3.57. The molecule has 30 heavy (non-hydrogen) atoms. The number of hydrogen-bond donors (Lipinski definition) is 1. The lowest BCUT2D eigenvalue weighted by molar-refractivity contribution is -0.137. The van der Waals surface area contributed by atoms with Crippen molar-refractivity contribution in [3.63, 3.8) is 0 Å². The van der Waals surface area contributed by atoms with E-state index in [0.29, 0.717) is 12.1 Å². The molecule has 3 rings (SSSR count). The summed E-state index contributed by atoms with van der Waals surface area (Å²) in [7, 11) is 1.17. The molecule has 0 bridgehead atoms. The van der Waals surface area contributed by atoms with Gasteiger partial charge in [0.1, 0.15) is 17.9 Å². The number of ether oxygens (including phenoxy) is 1. The van der Waals surface area contributed by atoms with Crippen LogP contribution in [0.4, 0.5) is 22.0 Å². The normalized spacial score (nSPS) is 12.5. The van der Waals surface area contributed by atoms with Gasteiger partial charge in [-0.25, -0.2) is 18.7 Å². The average molecular weight is 427 g/mol. The Kier molecular flexibility index (Phi) is 5.67. The Morgan fingerprint density at radius 2 is 1.90 bits per heavy atom. The molecule has 3 aromatic rings. The van der Waals surface area contributed by atoms with Crippen molar-refractivity contribution in [2.75, 3.05) is 7.11 Å². The molecule has 1 unspecified atom stereocenters. The summed E-state index contributed by atoms with van der Waals surface area (Å²) in [5.74, 6) is -3.23. The molecule has 0 fully saturated rings. The van der Waals surface area contributed by atoms with E-state index < -0.39 is 35.3 Å². The molecule has 0 radical (unpaired) electrons. The standard InChI is InChI=1S/C18H14F5N5O2/c1-9(15-25-8-26-28(15)16-14(20)6-12(19)7-24-16)27-17(29)10-3-11(18(21,22)23)5-13(4-10)30-2/h3-9H,1-2H3,(H,27,29). The summed E-state index contributed by atoms with van der Waals surface area (Å²) in [6.07, 6.45) is -2.83. The highest BCUT2D eigenvalue weighted by atomic mass is 19.4. The minimum atomic E-state index is -4.68. The van der Waals surface area contributed by atoms with Crippen LogP contribution in [0.25, 0.3) is 5.82 Å². The van der Waals surface area contributed by atoms with Gasteiger partial charge in [0, 0.05) is 11.6 Å². The molecule has 0 spiro atoms. The van der Waals surface area contributed by atoms with E-state index in [1.807, 2.05) is 0 Å². The summed E-state index contributed by atoms with van der Waals surface area (Å²) >= 11 is 0. The maximum atomic E-state index is 14.0. The van der Waals surface area contributed by atoms with Gasteiger partial charge in [-0.3, -0.25) is 4.79 Å². The third-order valence-corrected chi connectivity index (χ3v) is 4.03. The van der Waals surface area contributed by atoms with E-state index in [0.717, 1.165) is 29.3 Å². The molecule has 1 aromatic carbocycles. The number of hydrogen-bond acceptors (Lipinski definition) is 5. The van der Waals surface area contributed by atoms with Crippen LogP contribution in [-0.4, -0.2) is 32.8 Å². The first-order valence-corrected chi connectivity index (χ1v) is 8.38. The van der Waals surface area contributed by atoms with Crippen LogP contribution in [0.1, 0.15) is 34.7 Å².